The molecule has 4 saturated carbocycles. The van der Waals surface area contributed by atoms with Gasteiger partial charge in [-0.3, -0.25) is 0 Å². The first-order valence-electron chi connectivity index (χ1n) is 17.3. The molecule has 0 saturated heterocycles. The highest BCUT2D eigenvalue weighted by molar-refractivity contribution is 5.53. The summed E-state index contributed by atoms with van der Waals surface area (Å²) in [6.07, 6.45) is 11.3. The maximum absolute atomic E-state index is 2.69. The molecule has 0 heterocycles. The van der Waals surface area contributed by atoms with Crippen molar-refractivity contribution in [3.63, 3.8) is 0 Å². The van der Waals surface area contributed by atoms with E-state index in [1.165, 1.54) is 51.4 Å². The molecule has 0 aromatic rings. The fourth-order valence-electron chi connectivity index (χ4n) is 14.1. The minimum Gasteiger partial charge on any atom is -0.0695 e. The molecule has 0 amide bonds. The molecule has 4 fully saturated rings. The van der Waals surface area contributed by atoms with Gasteiger partial charge in [0.15, 0.2) is 0 Å². The van der Waals surface area contributed by atoms with E-state index < -0.39 is 0 Å². The molecule has 0 aromatic heterocycles. The molecule has 8 unspecified atom stereocenters. The van der Waals surface area contributed by atoms with Gasteiger partial charge in [0, 0.05) is 10.8 Å². The van der Waals surface area contributed by atoms with E-state index in [2.05, 4.69) is 83.1 Å². The topological polar surface area (TPSA) is 0 Å². The highest BCUT2D eigenvalue weighted by Gasteiger charge is 2.73. The summed E-state index contributed by atoms with van der Waals surface area (Å²) < 4.78 is 0. The molecule has 40 heavy (non-hydrogen) atoms. The average Bonchev–Trinajstić information content (AvgIpc) is 2.88. The first kappa shape index (κ1) is 26.6. The van der Waals surface area contributed by atoms with Crippen LogP contribution in [-0.2, 0) is 0 Å². The Morgan fingerprint density at radius 1 is 0.425 bits per heavy atom. The molecule has 12 aliphatic carbocycles. The Kier molecular flexibility index (Phi) is 4.77. The monoisotopic (exact) mass is 538 g/mol. The SMILES string of the molecule is CC1=C2CC(CC1C1(C3(C4CC5CC(=C4C)C5(C)C)CC4CC(=C3C)C4(C)C)CC3CC(=C1C)C3(C)C)C2(C)C. The lowest BCUT2D eigenvalue weighted by molar-refractivity contribution is -0.125. The van der Waals surface area contributed by atoms with E-state index in [1.807, 2.05) is 44.6 Å². The normalized spacial score (nSPS) is 48.3. The Labute approximate surface area is 246 Å². The molecule has 0 aromatic carbocycles. The second-order valence-electron chi connectivity index (χ2n) is 18.9. The molecular weight excluding hydrogens is 480 g/mol. The van der Waals surface area contributed by atoms with Gasteiger partial charge in [0.25, 0.3) is 0 Å². The van der Waals surface area contributed by atoms with Crippen molar-refractivity contribution in [3.05, 3.63) is 44.6 Å². The van der Waals surface area contributed by atoms with Gasteiger partial charge >= 0.3 is 0 Å². The zero-order chi connectivity index (χ0) is 28.7. The fraction of sp³-hybridized carbons (Fsp3) is 0.800. The third-order valence-corrected chi connectivity index (χ3v) is 17.4. The lowest BCUT2D eigenvalue weighted by Crippen LogP contribution is -2.67. The van der Waals surface area contributed by atoms with E-state index in [9.17, 15) is 0 Å². The van der Waals surface area contributed by atoms with E-state index in [-0.39, 0.29) is 0 Å². The van der Waals surface area contributed by atoms with Crippen molar-refractivity contribution in [2.45, 2.75) is 134 Å². The van der Waals surface area contributed by atoms with E-state index in [4.69, 9.17) is 0 Å². The number of fused-ring (bicyclic) bond motifs is 11. The molecule has 0 radical (unpaired) electrons. The Hall–Kier alpha value is -1.04. The molecular formula is C40H58. The summed E-state index contributed by atoms with van der Waals surface area (Å²) in [6.45, 7) is 31.3. The van der Waals surface area contributed by atoms with Crippen LogP contribution in [0, 0.1) is 68.0 Å². The second kappa shape index (κ2) is 7.18. The van der Waals surface area contributed by atoms with Crippen molar-refractivity contribution in [2.24, 2.45) is 68.0 Å². The molecule has 218 valence electrons. The van der Waals surface area contributed by atoms with E-state index in [1.54, 1.807) is 0 Å². The van der Waals surface area contributed by atoms with E-state index >= 15 is 0 Å². The number of rotatable bonds is 3. The summed E-state index contributed by atoms with van der Waals surface area (Å²) in [6, 6.07) is 0. The molecule has 12 rings (SSSR count). The fourth-order valence-corrected chi connectivity index (χ4v) is 14.1. The zero-order valence-corrected chi connectivity index (χ0v) is 28.1. The van der Waals surface area contributed by atoms with Gasteiger partial charge < -0.3 is 0 Å². The number of hydrogen-bond acceptors (Lipinski definition) is 0. The van der Waals surface area contributed by atoms with Gasteiger partial charge in [0.2, 0.25) is 0 Å². The summed E-state index contributed by atoms with van der Waals surface area (Å²) in [5, 5.41) is 0. The number of hydrogen-bond donors (Lipinski definition) is 0. The van der Waals surface area contributed by atoms with E-state index in [0.717, 1.165) is 35.5 Å². The lowest BCUT2D eigenvalue weighted by Gasteiger charge is -2.75. The quantitative estimate of drug-likeness (QED) is 0.313. The van der Waals surface area contributed by atoms with Crippen LogP contribution < -0.4 is 0 Å². The van der Waals surface area contributed by atoms with Gasteiger partial charge in [-0.15, -0.1) is 0 Å². The number of allylic oxidation sites excluding steroid dienone is 8. The second-order valence-corrected chi connectivity index (χ2v) is 18.9. The standard InChI is InChI=1S/C40H58/c1-21-29-13-25(35(29,5)6)15-31(21)39(19-27-17-33(23(39)3)37(27,9)10)40(20-28-18-34(24(40)4)38(28,11)12)32-16-26-14-30(22(32)2)36(26,7)8/h25-28,31-32H,13-20H2,1-12H3. The van der Waals surface area contributed by atoms with Gasteiger partial charge in [-0.1, -0.05) is 100.0 Å². The maximum Gasteiger partial charge on any atom is 0.00799 e. The van der Waals surface area contributed by atoms with Crippen LogP contribution in [0.5, 0.6) is 0 Å². The first-order chi connectivity index (χ1) is 18.4. The van der Waals surface area contributed by atoms with Crippen molar-refractivity contribution < 1.29 is 0 Å². The van der Waals surface area contributed by atoms with Gasteiger partial charge in [-0.25, -0.2) is 0 Å². The third-order valence-electron chi connectivity index (χ3n) is 17.4. The van der Waals surface area contributed by atoms with Gasteiger partial charge in [0.05, 0.1) is 0 Å². The Morgan fingerprint density at radius 3 is 0.975 bits per heavy atom. The summed E-state index contributed by atoms with van der Waals surface area (Å²) in [5.74, 6) is 4.97. The first-order valence-corrected chi connectivity index (χ1v) is 17.3. The Balaban J connectivity index is 1.44. The molecule has 0 nitrogen and oxygen atoms in total. The Bertz CT molecular complexity index is 1270. The molecule has 0 heteroatoms. The van der Waals surface area contributed by atoms with Crippen LogP contribution in [0.15, 0.2) is 44.6 Å². The van der Waals surface area contributed by atoms with Crippen molar-refractivity contribution >= 4 is 0 Å². The van der Waals surface area contributed by atoms with Crippen LogP contribution >= 0.6 is 0 Å². The average molecular weight is 539 g/mol. The van der Waals surface area contributed by atoms with Crippen molar-refractivity contribution in [3.8, 4) is 0 Å². The van der Waals surface area contributed by atoms with Gasteiger partial charge in [-0.05, 0) is 136 Å². The minimum absolute atomic E-state index is 0.302. The summed E-state index contributed by atoms with van der Waals surface area (Å²) in [4.78, 5) is 0. The predicted molar refractivity (Wildman–Crippen MR) is 169 cm³/mol. The third kappa shape index (κ3) is 2.51. The smallest absolute Gasteiger partial charge is 0.00799 e. The molecule has 0 spiro atoms. The Morgan fingerprint density at radius 2 is 0.725 bits per heavy atom. The lowest BCUT2D eigenvalue weighted by atomic mass is 9.28. The van der Waals surface area contributed by atoms with Gasteiger partial charge in [0.1, 0.15) is 0 Å². The van der Waals surface area contributed by atoms with Crippen molar-refractivity contribution in [2.75, 3.05) is 0 Å². The highest BCUT2D eigenvalue weighted by Crippen LogP contribution is 2.82. The maximum atomic E-state index is 2.69. The summed E-state index contributed by atoms with van der Waals surface area (Å²) in [7, 11) is 0. The van der Waals surface area contributed by atoms with Crippen LogP contribution in [0.4, 0.5) is 0 Å². The predicted octanol–water partition coefficient (Wildman–Crippen LogP) is 11.3. The van der Waals surface area contributed by atoms with Gasteiger partial charge in [-0.2, -0.15) is 0 Å². The molecule has 12 aliphatic rings. The van der Waals surface area contributed by atoms with Crippen molar-refractivity contribution in [1.29, 1.82) is 0 Å². The molecule has 0 aliphatic heterocycles. The van der Waals surface area contributed by atoms with Crippen LogP contribution in [0.1, 0.15) is 134 Å². The summed E-state index contributed by atoms with van der Waals surface area (Å²) in [5.41, 5.74) is 17.2. The van der Waals surface area contributed by atoms with E-state index in [0.29, 0.717) is 32.5 Å². The van der Waals surface area contributed by atoms with Crippen LogP contribution in [0.3, 0.4) is 0 Å². The highest BCUT2D eigenvalue weighted by atomic mass is 14.8. The minimum atomic E-state index is 0.302. The summed E-state index contributed by atoms with van der Waals surface area (Å²) >= 11 is 0. The molecule has 8 bridgehead atoms. The molecule has 0 N–H and O–H groups in total. The van der Waals surface area contributed by atoms with Crippen LogP contribution in [0.25, 0.3) is 0 Å². The largest absolute Gasteiger partial charge is 0.0695 e. The van der Waals surface area contributed by atoms with Crippen LogP contribution in [-0.4, -0.2) is 0 Å². The molecule has 8 atom stereocenters. The zero-order valence-electron chi connectivity index (χ0n) is 28.1. The van der Waals surface area contributed by atoms with Crippen LogP contribution in [0.2, 0.25) is 0 Å². The van der Waals surface area contributed by atoms with Crippen molar-refractivity contribution in [1.82, 2.24) is 0 Å².